The number of hydrogen-bond acceptors (Lipinski definition) is 2. The van der Waals surface area contributed by atoms with E-state index in [1.807, 2.05) is 0 Å². The standard InChI is InChI=1S/C14H18ClN3/c1-10-4-7-18-12(8-10)14(15)17-13(18)9-11-2-5-16-6-3-11/h4,7-8,11,16H,2-3,5-6,9H2,1H3. The Morgan fingerprint density at radius 3 is 3.00 bits per heavy atom. The third-order valence-electron chi connectivity index (χ3n) is 3.76. The minimum absolute atomic E-state index is 0.627. The lowest BCUT2D eigenvalue weighted by molar-refractivity contribution is 0.367. The van der Waals surface area contributed by atoms with Crippen LogP contribution in [0.15, 0.2) is 18.3 Å². The largest absolute Gasteiger partial charge is 0.317 e. The molecule has 3 nitrogen and oxygen atoms in total. The highest BCUT2D eigenvalue weighted by molar-refractivity contribution is 6.32. The molecule has 0 unspecified atom stereocenters. The molecule has 1 fully saturated rings. The van der Waals surface area contributed by atoms with Gasteiger partial charge in [-0.3, -0.25) is 0 Å². The van der Waals surface area contributed by atoms with E-state index in [1.165, 1.54) is 18.4 Å². The first-order chi connectivity index (χ1) is 8.74. The average Bonchev–Trinajstić information content (AvgIpc) is 2.67. The van der Waals surface area contributed by atoms with Gasteiger partial charge >= 0.3 is 0 Å². The Kier molecular flexibility index (Phi) is 3.27. The highest BCUT2D eigenvalue weighted by Crippen LogP contribution is 2.23. The summed E-state index contributed by atoms with van der Waals surface area (Å²) in [5.74, 6) is 1.83. The monoisotopic (exact) mass is 263 g/mol. The second kappa shape index (κ2) is 4.90. The molecular weight excluding hydrogens is 246 g/mol. The van der Waals surface area contributed by atoms with E-state index >= 15 is 0 Å². The van der Waals surface area contributed by atoms with Crippen molar-refractivity contribution in [3.05, 3.63) is 34.9 Å². The molecule has 1 aliphatic rings. The second-order valence-corrected chi connectivity index (χ2v) is 5.53. The maximum absolute atomic E-state index is 6.22. The van der Waals surface area contributed by atoms with Crippen LogP contribution in [-0.2, 0) is 6.42 Å². The quantitative estimate of drug-likeness (QED) is 0.903. The van der Waals surface area contributed by atoms with E-state index < -0.39 is 0 Å². The highest BCUT2D eigenvalue weighted by atomic mass is 35.5. The Morgan fingerprint density at radius 2 is 2.22 bits per heavy atom. The summed E-state index contributed by atoms with van der Waals surface area (Å²) in [6, 6.07) is 4.21. The van der Waals surface area contributed by atoms with Crippen molar-refractivity contribution in [3.63, 3.8) is 0 Å². The van der Waals surface area contributed by atoms with Gasteiger partial charge in [0.15, 0.2) is 5.15 Å². The summed E-state index contributed by atoms with van der Waals surface area (Å²) in [5, 5.41) is 4.02. The van der Waals surface area contributed by atoms with Crippen LogP contribution >= 0.6 is 11.6 Å². The fourth-order valence-corrected chi connectivity index (χ4v) is 2.95. The van der Waals surface area contributed by atoms with Crippen LogP contribution in [0.2, 0.25) is 5.15 Å². The van der Waals surface area contributed by atoms with Gasteiger partial charge in [-0.05, 0) is 56.5 Å². The maximum Gasteiger partial charge on any atom is 0.155 e. The van der Waals surface area contributed by atoms with E-state index in [2.05, 4.69) is 40.0 Å². The number of imidazole rings is 1. The molecule has 2 aromatic heterocycles. The first kappa shape index (κ1) is 12.0. The molecule has 0 radical (unpaired) electrons. The van der Waals surface area contributed by atoms with Gasteiger partial charge in [0.1, 0.15) is 5.82 Å². The van der Waals surface area contributed by atoms with Crippen LogP contribution in [0.25, 0.3) is 5.52 Å². The molecule has 96 valence electrons. The summed E-state index contributed by atoms with van der Waals surface area (Å²) >= 11 is 6.22. The molecule has 18 heavy (non-hydrogen) atoms. The third kappa shape index (κ3) is 2.25. The summed E-state index contributed by atoms with van der Waals surface area (Å²) in [6.07, 6.45) is 5.58. The van der Waals surface area contributed by atoms with Crippen molar-refractivity contribution in [2.75, 3.05) is 13.1 Å². The number of fused-ring (bicyclic) bond motifs is 1. The summed E-state index contributed by atoms with van der Waals surface area (Å²) < 4.78 is 2.14. The van der Waals surface area contributed by atoms with E-state index in [0.717, 1.165) is 36.8 Å². The number of pyridine rings is 1. The van der Waals surface area contributed by atoms with E-state index in [9.17, 15) is 0 Å². The number of aromatic nitrogens is 2. The van der Waals surface area contributed by atoms with Gasteiger partial charge in [0.05, 0.1) is 5.52 Å². The number of rotatable bonds is 2. The molecule has 0 bridgehead atoms. The summed E-state index contributed by atoms with van der Waals surface area (Å²) in [7, 11) is 0. The predicted octanol–water partition coefficient (Wildman–Crippen LogP) is 2.84. The normalized spacial score (nSPS) is 17.4. The van der Waals surface area contributed by atoms with Crippen LogP contribution in [0.5, 0.6) is 0 Å². The second-order valence-electron chi connectivity index (χ2n) is 5.18. The molecular formula is C14H18ClN3. The number of nitrogens with one attached hydrogen (secondary N) is 1. The molecule has 0 aliphatic carbocycles. The van der Waals surface area contributed by atoms with Crippen LogP contribution in [0.3, 0.4) is 0 Å². The number of hydrogen-bond donors (Lipinski definition) is 1. The fourth-order valence-electron chi connectivity index (χ4n) is 2.70. The lowest BCUT2D eigenvalue weighted by atomic mass is 9.94. The molecule has 3 rings (SSSR count). The van der Waals surface area contributed by atoms with E-state index in [4.69, 9.17) is 11.6 Å². The molecule has 1 N–H and O–H groups in total. The first-order valence-electron chi connectivity index (χ1n) is 6.58. The zero-order chi connectivity index (χ0) is 12.5. The van der Waals surface area contributed by atoms with Crippen molar-refractivity contribution in [1.82, 2.24) is 14.7 Å². The predicted molar refractivity (Wildman–Crippen MR) is 74.2 cm³/mol. The van der Waals surface area contributed by atoms with Crippen molar-refractivity contribution >= 4 is 17.1 Å². The molecule has 0 aromatic carbocycles. The van der Waals surface area contributed by atoms with Gasteiger partial charge in [0.2, 0.25) is 0 Å². The molecule has 4 heteroatoms. The van der Waals surface area contributed by atoms with Crippen molar-refractivity contribution < 1.29 is 0 Å². The van der Waals surface area contributed by atoms with E-state index in [1.54, 1.807) is 0 Å². The van der Waals surface area contributed by atoms with Crippen LogP contribution in [-0.4, -0.2) is 22.5 Å². The SMILES string of the molecule is Cc1ccn2c(CC3CCNCC3)nc(Cl)c2c1. The Balaban J connectivity index is 1.91. The minimum atomic E-state index is 0.627. The average molecular weight is 264 g/mol. The third-order valence-corrected chi connectivity index (χ3v) is 4.04. The lowest BCUT2D eigenvalue weighted by Crippen LogP contribution is -2.29. The number of nitrogens with zero attached hydrogens (tertiary/aromatic N) is 2. The van der Waals surface area contributed by atoms with Gasteiger partial charge in [-0.1, -0.05) is 11.6 Å². The van der Waals surface area contributed by atoms with Crippen LogP contribution in [0, 0.1) is 12.8 Å². The summed E-state index contributed by atoms with van der Waals surface area (Å²) in [4.78, 5) is 4.53. The topological polar surface area (TPSA) is 29.3 Å². The van der Waals surface area contributed by atoms with Crippen molar-refractivity contribution in [1.29, 1.82) is 0 Å². The molecule has 0 amide bonds. The molecule has 3 heterocycles. The van der Waals surface area contributed by atoms with Gasteiger partial charge in [-0.15, -0.1) is 0 Å². The molecule has 1 aliphatic heterocycles. The Labute approximate surface area is 112 Å². The Bertz CT molecular complexity index is 555. The Morgan fingerprint density at radius 1 is 1.44 bits per heavy atom. The molecule has 0 saturated carbocycles. The van der Waals surface area contributed by atoms with Crippen molar-refractivity contribution in [2.24, 2.45) is 5.92 Å². The zero-order valence-corrected chi connectivity index (χ0v) is 11.4. The minimum Gasteiger partial charge on any atom is -0.317 e. The molecule has 0 atom stereocenters. The Hall–Kier alpha value is -1.06. The van der Waals surface area contributed by atoms with Crippen molar-refractivity contribution in [3.8, 4) is 0 Å². The van der Waals surface area contributed by atoms with E-state index in [-0.39, 0.29) is 0 Å². The van der Waals surface area contributed by atoms with Gasteiger partial charge in [0, 0.05) is 12.6 Å². The molecule has 2 aromatic rings. The van der Waals surface area contributed by atoms with Gasteiger partial charge in [-0.25, -0.2) is 4.98 Å². The van der Waals surface area contributed by atoms with Crippen LogP contribution < -0.4 is 5.32 Å². The number of piperidine rings is 1. The smallest absolute Gasteiger partial charge is 0.155 e. The molecule has 1 saturated heterocycles. The van der Waals surface area contributed by atoms with Crippen LogP contribution in [0.1, 0.15) is 24.2 Å². The maximum atomic E-state index is 6.22. The summed E-state index contributed by atoms with van der Waals surface area (Å²) in [6.45, 7) is 4.33. The van der Waals surface area contributed by atoms with Crippen molar-refractivity contribution in [2.45, 2.75) is 26.2 Å². The summed E-state index contributed by atoms with van der Waals surface area (Å²) in [5.41, 5.74) is 2.25. The lowest BCUT2D eigenvalue weighted by Gasteiger charge is -2.21. The number of halogens is 1. The van der Waals surface area contributed by atoms with Crippen LogP contribution in [0.4, 0.5) is 0 Å². The van der Waals surface area contributed by atoms with Gasteiger partial charge in [-0.2, -0.15) is 0 Å². The molecule has 0 spiro atoms. The highest BCUT2D eigenvalue weighted by Gasteiger charge is 2.17. The number of aryl methyl sites for hydroxylation is 1. The fraction of sp³-hybridized carbons (Fsp3) is 0.500. The van der Waals surface area contributed by atoms with E-state index in [0.29, 0.717) is 5.15 Å². The van der Waals surface area contributed by atoms with Gasteiger partial charge < -0.3 is 9.72 Å². The first-order valence-corrected chi connectivity index (χ1v) is 6.95. The zero-order valence-electron chi connectivity index (χ0n) is 10.6. The van der Waals surface area contributed by atoms with Gasteiger partial charge in [0.25, 0.3) is 0 Å².